The molecule has 0 saturated carbocycles. The summed E-state index contributed by atoms with van der Waals surface area (Å²) in [7, 11) is 2.57. The summed E-state index contributed by atoms with van der Waals surface area (Å²) in [6.07, 6.45) is 1.69. The lowest BCUT2D eigenvalue weighted by molar-refractivity contribution is -0.384. The third-order valence-corrected chi connectivity index (χ3v) is 7.77. The van der Waals surface area contributed by atoms with Gasteiger partial charge in [-0.2, -0.15) is 9.51 Å². The number of thiazole rings is 1. The first-order chi connectivity index (χ1) is 14.9. The van der Waals surface area contributed by atoms with Gasteiger partial charge in [0.25, 0.3) is 5.69 Å². The molecular weight excluding hydrogens is 521 g/mol. The molecule has 0 amide bonds. The molecule has 0 saturated heterocycles. The molecule has 3 aromatic rings. The van der Waals surface area contributed by atoms with Crippen molar-refractivity contribution in [3.8, 4) is 10.4 Å². The molecule has 2 aromatic carbocycles. The largest absolute Gasteiger partial charge is 0.269 e. The van der Waals surface area contributed by atoms with Gasteiger partial charge in [0, 0.05) is 28.9 Å². The highest BCUT2D eigenvalue weighted by molar-refractivity contribution is 8.78. The van der Waals surface area contributed by atoms with Gasteiger partial charge in [0.15, 0.2) is 5.17 Å². The summed E-state index contributed by atoms with van der Waals surface area (Å²) >= 11 is 19.9. The topological polar surface area (TPSA) is 93.1 Å². The van der Waals surface area contributed by atoms with Gasteiger partial charge in [-0.25, -0.2) is 4.98 Å². The number of benzene rings is 2. The molecule has 156 valence electrons. The molecule has 1 aliphatic rings. The highest BCUT2D eigenvalue weighted by atomic mass is 35.5. The maximum absolute atomic E-state index is 10.8. The minimum absolute atomic E-state index is 0.0279. The highest BCUT2D eigenvalue weighted by Gasteiger charge is 2.23. The fourth-order valence-corrected chi connectivity index (χ4v) is 6.27. The molecule has 0 aliphatic carbocycles. The van der Waals surface area contributed by atoms with Crippen LogP contribution in [0.15, 0.2) is 68.2 Å². The van der Waals surface area contributed by atoms with E-state index in [0.29, 0.717) is 36.5 Å². The van der Waals surface area contributed by atoms with Crippen LogP contribution in [0, 0.1) is 10.1 Å². The van der Waals surface area contributed by atoms with E-state index in [1.807, 2.05) is 6.07 Å². The zero-order valence-electron chi connectivity index (χ0n) is 15.0. The second kappa shape index (κ2) is 9.68. The van der Waals surface area contributed by atoms with Crippen molar-refractivity contribution < 1.29 is 4.92 Å². The Morgan fingerprint density at radius 1 is 1.10 bits per heavy atom. The summed E-state index contributed by atoms with van der Waals surface area (Å²) in [5.41, 5.74) is 1.66. The Hall–Kier alpha value is -1.95. The minimum atomic E-state index is -0.476. The Morgan fingerprint density at radius 3 is 2.52 bits per heavy atom. The number of allylic oxidation sites excluding steroid dienone is 1. The minimum Gasteiger partial charge on any atom is -0.258 e. The maximum atomic E-state index is 10.8. The van der Waals surface area contributed by atoms with Crippen molar-refractivity contribution in [2.75, 3.05) is 0 Å². The molecular formula is C18H8Cl3N5O2S3. The molecule has 0 atom stereocenters. The number of halogens is 3. The molecule has 13 heteroatoms. The van der Waals surface area contributed by atoms with Crippen molar-refractivity contribution in [1.29, 1.82) is 0 Å². The number of aromatic nitrogens is 1. The van der Waals surface area contributed by atoms with E-state index in [1.54, 1.807) is 18.3 Å². The summed E-state index contributed by atoms with van der Waals surface area (Å²) in [6.45, 7) is 0. The highest BCUT2D eigenvalue weighted by Crippen LogP contribution is 2.46. The first kappa shape index (κ1) is 22.3. The number of hydrogen-bond acceptors (Lipinski definition) is 9. The molecule has 0 bridgehead atoms. The van der Waals surface area contributed by atoms with Gasteiger partial charge in [-0.1, -0.05) is 40.9 Å². The smallest absolute Gasteiger partial charge is 0.258 e. The second-order valence-corrected chi connectivity index (χ2v) is 9.93. The first-order valence-corrected chi connectivity index (χ1v) is 12.4. The van der Waals surface area contributed by atoms with Crippen molar-refractivity contribution in [2.45, 2.75) is 0 Å². The Balaban J connectivity index is 1.71. The third-order valence-electron chi connectivity index (χ3n) is 3.87. The summed E-state index contributed by atoms with van der Waals surface area (Å²) in [5.74, 6) is 0. The van der Waals surface area contributed by atoms with Crippen LogP contribution in [0.1, 0.15) is 5.01 Å². The van der Waals surface area contributed by atoms with Gasteiger partial charge in [0.2, 0.25) is 0 Å². The average molecular weight is 529 g/mol. The van der Waals surface area contributed by atoms with Crippen LogP contribution in [-0.4, -0.2) is 15.1 Å². The fourth-order valence-electron chi connectivity index (χ4n) is 2.43. The summed E-state index contributed by atoms with van der Waals surface area (Å²) in [5, 5.41) is 21.3. The van der Waals surface area contributed by atoms with Gasteiger partial charge in [0.05, 0.1) is 36.4 Å². The van der Waals surface area contributed by atoms with E-state index >= 15 is 0 Å². The first-order valence-electron chi connectivity index (χ1n) is 8.32. The maximum Gasteiger partial charge on any atom is 0.269 e. The Morgan fingerprint density at radius 2 is 1.87 bits per heavy atom. The Kier molecular flexibility index (Phi) is 6.95. The number of nitro benzene ring substituents is 1. The number of non-ortho nitro benzene ring substituents is 1. The zero-order chi connectivity index (χ0) is 22.0. The number of azo groups is 1. The average Bonchev–Trinajstić information content (AvgIpc) is 3.39. The number of hydrogen-bond donors (Lipinski definition) is 0. The summed E-state index contributed by atoms with van der Waals surface area (Å²) in [4.78, 5) is 16.3. The van der Waals surface area contributed by atoms with Crippen LogP contribution >= 0.6 is 67.9 Å². The van der Waals surface area contributed by atoms with Crippen molar-refractivity contribution in [3.63, 3.8) is 0 Å². The van der Waals surface area contributed by atoms with E-state index in [0.717, 1.165) is 10.4 Å². The summed E-state index contributed by atoms with van der Waals surface area (Å²) < 4.78 is 4.11. The SMILES string of the molecule is O=[N+]([O-])c1ccc(N=N/C(=C2/SSN=C2Cl)c2ncc(-c3ccc(Cl)cc3Cl)s2)cc1. The zero-order valence-corrected chi connectivity index (χ0v) is 19.7. The molecule has 2 heterocycles. The summed E-state index contributed by atoms with van der Waals surface area (Å²) in [6, 6.07) is 11.0. The van der Waals surface area contributed by atoms with Crippen LogP contribution in [0.4, 0.5) is 11.4 Å². The lowest BCUT2D eigenvalue weighted by Gasteiger charge is -2.02. The van der Waals surface area contributed by atoms with Crippen molar-refractivity contribution >= 4 is 90.2 Å². The van der Waals surface area contributed by atoms with Gasteiger partial charge < -0.3 is 0 Å². The predicted molar refractivity (Wildman–Crippen MR) is 131 cm³/mol. The van der Waals surface area contributed by atoms with E-state index in [1.165, 1.54) is 57.4 Å². The van der Waals surface area contributed by atoms with Gasteiger partial charge in [0.1, 0.15) is 10.7 Å². The van der Waals surface area contributed by atoms with Crippen LogP contribution in [0.2, 0.25) is 10.0 Å². The van der Waals surface area contributed by atoms with Gasteiger partial charge in [-0.15, -0.1) is 16.5 Å². The van der Waals surface area contributed by atoms with Crippen LogP contribution < -0.4 is 0 Å². The normalized spacial score (nSPS) is 15.4. The molecule has 31 heavy (non-hydrogen) atoms. The Labute approximate surface area is 202 Å². The van der Waals surface area contributed by atoms with E-state index in [-0.39, 0.29) is 5.69 Å². The van der Waals surface area contributed by atoms with Crippen molar-refractivity contribution in [1.82, 2.24) is 4.98 Å². The quantitative estimate of drug-likeness (QED) is 0.109. The van der Waals surface area contributed by atoms with Crippen molar-refractivity contribution in [2.24, 2.45) is 14.6 Å². The van der Waals surface area contributed by atoms with Gasteiger partial charge >= 0.3 is 0 Å². The molecule has 0 N–H and O–H groups in total. The monoisotopic (exact) mass is 527 g/mol. The molecule has 0 fully saturated rings. The molecule has 0 radical (unpaired) electrons. The van der Waals surface area contributed by atoms with E-state index in [2.05, 4.69) is 19.6 Å². The van der Waals surface area contributed by atoms with Crippen LogP contribution in [-0.2, 0) is 0 Å². The fraction of sp³-hybridized carbons (Fsp3) is 0. The van der Waals surface area contributed by atoms with Crippen LogP contribution in [0.3, 0.4) is 0 Å². The lowest BCUT2D eigenvalue weighted by Crippen LogP contribution is -1.90. The number of nitro groups is 1. The standard InChI is InChI=1S/C18H8Cl3N5O2S3/c19-9-1-6-12(13(20)7-9)14-8-22-18(29-14)15(16-17(21)25-31-30-16)24-23-10-2-4-11(5-3-10)26(27)28/h1-8H/b16-15+,24-23?. The second-order valence-electron chi connectivity index (χ2n) is 5.85. The molecule has 1 aliphatic heterocycles. The van der Waals surface area contributed by atoms with E-state index < -0.39 is 4.92 Å². The van der Waals surface area contributed by atoms with Crippen LogP contribution in [0.25, 0.3) is 16.1 Å². The molecule has 4 rings (SSSR count). The molecule has 0 spiro atoms. The van der Waals surface area contributed by atoms with E-state index in [4.69, 9.17) is 34.8 Å². The van der Waals surface area contributed by atoms with E-state index in [9.17, 15) is 10.1 Å². The number of rotatable bonds is 5. The molecule has 0 unspecified atom stereocenters. The Bertz CT molecular complexity index is 1260. The van der Waals surface area contributed by atoms with Crippen LogP contribution in [0.5, 0.6) is 0 Å². The third kappa shape index (κ3) is 5.11. The molecule has 7 nitrogen and oxygen atoms in total. The lowest BCUT2D eigenvalue weighted by atomic mass is 10.2. The van der Waals surface area contributed by atoms with Gasteiger partial charge in [-0.05, 0) is 35.1 Å². The van der Waals surface area contributed by atoms with Crippen molar-refractivity contribution in [3.05, 3.63) is 78.7 Å². The molecule has 1 aromatic heterocycles. The number of nitrogens with zero attached hydrogens (tertiary/aromatic N) is 5. The predicted octanol–water partition coefficient (Wildman–Crippen LogP) is 8.42. The van der Waals surface area contributed by atoms with Gasteiger partial charge in [-0.3, -0.25) is 10.1 Å².